The first kappa shape index (κ1) is 18.3. The Morgan fingerprint density at radius 2 is 1.75 bits per heavy atom. The topological polar surface area (TPSA) is 84.4 Å². The molecule has 0 unspecified atom stereocenters. The van der Waals surface area contributed by atoms with Crippen LogP contribution in [0.25, 0.3) is 0 Å². The molecule has 0 spiro atoms. The highest BCUT2D eigenvalue weighted by molar-refractivity contribution is 7.92. The maximum absolute atomic E-state index is 12.6. The number of aryl methyl sites for hydroxylation is 2. The molecule has 0 fully saturated rings. The molecule has 0 aliphatic carbocycles. The quantitative estimate of drug-likeness (QED) is 0.870. The molecule has 1 aromatic heterocycles. The van der Waals surface area contributed by atoms with E-state index in [9.17, 15) is 8.42 Å². The summed E-state index contributed by atoms with van der Waals surface area (Å²) in [5.41, 5.74) is 1.43. The fourth-order valence-corrected chi connectivity index (χ4v) is 3.58. The van der Waals surface area contributed by atoms with Crippen molar-refractivity contribution in [1.82, 2.24) is 9.97 Å². The predicted molar refractivity (Wildman–Crippen MR) is 94.6 cm³/mol. The molecule has 2 rings (SSSR count). The largest absolute Gasteiger partial charge is 0.495 e. The van der Waals surface area contributed by atoms with Crippen LogP contribution < -0.4 is 14.4 Å². The van der Waals surface area contributed by atoms with Gasteiger partial charge in [0.2, 0.25) is 5.95 Å². The standard InChI is InChI=1S/C15H19ClN4O3S/c1-9-14(10(2)18-15(17-9)20(3)4)19-24(21,22)11-6-7-13(23-5)12(16)8-11/h6-8,19H,1-5H3. The molecule has 0 aliphatic rings. The number of nitrogens with one attached hydrogen (secondary N) is 1. The van der Waals surface area contributed by atoms with Crippen molar-refractivity contribution in [2.45, 2.75) is 18.7 Å². The van der Waals surface area contributed by atoms with Crippen molar-refractivity contribution in [3.8, 4) is 5.75 Å². The van der Waals surface area contributed by atoms with Crippen LogP contribution >= 0.6 is 11.6 Å². The third-order valence-electron chi connectivity index (χ3n) is 3.33. The summed E-state index contributed by atoms with van der Waals surface area (Å²) in [6, 6.07) is 4.26. The minimum Gasteiger partial charge on any atom is -0.495 e. The van der Waals surface area contributed by atoms with Crippen molar-refractivity contribution >= 4 is 33.3 Å². The van der Waals surface area contributed by atoms with Crippen molar-refractivity contribution < 1.29 is 13.2 Å². The number of halogens is 1. The molecule has 0 radical (unpaired) electrons. The lowest BCUT2D eigenvalue weighted by Gasteiger charge is -2.16. The fourth-order valence-electron chi connectivity index (χ4n) is 2.05. The third-order valence-corrected chi connectivity index (χ3v) is 4.97. The van der Waals surface area contributed by atoms with Crippen LogP contribution in [0.3, 0.4) is 0 Å². The number of hydrogen-bond donors (Lipinski definition) is 1. The SMILES string of the molecule is COc1ccc(S(=O)(=O)Nc2c(C)nc(N(C)C)nc2C)cc1Cl. The summed E-state index contributed by atoms with van der Waals surface area (Å²) in [7, 11) is 1.27. The summed E-state index contributed by atoms with van der Waals surface area (Å²) in [5, 5.41) is 0.216. The monoisotopic (exact) mass is 370 g/mol. The van der Waals surface area contributed by atoms with Gasteiger partial charge in [0.25, 0.3) is 10.0 Å². The zero-order valence-corrected chi connectivity index (χ0v) is 15.7. The van der Waals surface area contributed by atoms with E-state index >= 15 is 0 Å². The van der Waals surface area contributed by atoms with Gasteiger partial charge in [-0.3, -0.25) is 4.72 Å². The van der Waals surface area contributed by atoms with Gasteiger partial charge in [-0.1, -0.05) is 11.6 Å². The van der Waals surface area contributed by atoms with E-state index in [2.05, 4.69) is 14.7 Å². The van der Waals surface area contributed by atoms with Crippen LogP contribution in [-0.4, -0.2) is 39.6 Å². The Hall–Kier alpha value is -2.06. The molecule has 0 amide bonds. The second-order valence-corrected chi connectivity index (χ2v) is 7.46. The van der Waals surface area contributed by atoms with E-state index in [-0.39, 0.29) is 9.92 Å². The zero-order valence-electron chi connectivity index (χ0n) is 14.1. The highest BCUT2D eigenvalue weighted by atomic mass is 35.5. The van der Waals surface area contributed by atoms with E-state index in [1.54, 1.807) is 18.7 Å². The van der Waals surface area contributed by atoms with Gasteiger partial charge < -0.3 is 9.64 Å². The maximum atomic E-state index is 12.6. The first-order chi connectivity index (χ1) is 11.2. The molecule has 24 heavy (non-hydrogen) atoms. The predicted octanol–water partition coefficient (Wildman–Crippen LogP) is 2.62. The van der Waals surface area contributed by atoms with Gasteiger partial charge in [-0.2, -0.15) is 0 Å². The van der Waals surface area contributed by atoms with E-state index in [0.29, 0.717) is 28.8 Å². The minimum atomic E-state index is -3.82. The highest BCUT2D eigenvalue weighted by Gasteiger charge is 2.20. The van der Waals surface area contributed by atoms with E-state index in [0.717, 1.165) is 0 Å². The maximum Gasteiger partial charge on any atom is 0.262 e. The number of rotatable bonds is 5. The number of anilines is 2. The molecule has 0 saturated heterocycles. The second-order valence-electron chi connectivity index (χ2n) is 5.37. The first-order valence-electron chi connectivity index (χ1n) is 7.04. The van der Waals surface area contributed by atoms with Crippen molar-refractivity contribution in [3.63, 3.8) is 0 Å². The lowest BCUT2D eigenvalue weighted by atomic mass is 10.3. The summed E-state index contributed by atoms with van der Waals surface area (Å²) in [4.78, 5) is 10.4. The molecule has 1 aromatic carbocycles. The Morgan fingerprint density at radius 1 is 1.17 bits per heavy atom. The highest BCUT2D eigenvalue weighted by Crippen LogP contribution is 2.29. The van der Waals surface area contributed by atoms with E-state index < -0.39 is 10.0 Å². The van der Waals surface area contributed by atoms with Crippen molar-refractivity contribution in [1.29, 1.82) is 0 Å². The number of benzene rings is 1. The fraction of sp³-hybridized carbons (Fsp3) is 0.333. The Labute approximate surface area is 146 Å². The number of sulfonamides is 1. The smallest absolute Gasteiger partial charge is 0.262 e. The normalized spacial score (nSPS) is 11.2. The Balaban J connectivity index is 2.41. The van der Waals surface area contributed by atoms with Gasteiger partial charge in [-0.25, -0.2) is 18.4 Å². The molecule has 1 N–H and O–H groups in total. The lowest BCUT2D eigenvalue weighted by molar-refractivity contribution is 0.414. The zero-order chi connectivity index (χ0) is 18.1. The number of nitrogens with zero attached hydrogens (tertiary/aromatic N) is 3. The van der Waals surface area contributed by atoms with Crippen LogP contribution in [0.4, 0.5) is 11.6 Å². The van der Waals surface area contributed by atoms with Crippen molar-refractivity contribution in [2.75, 3.05) is 30.8 Å². The summed E-state index contributed by atoms with van der Waals surface area (Å²) < 4.78 is 32.8. The molecular formula is C15H19ClN4O3S. The lowest BCUT2D eigenvalue weighted by Crippen LogP contribution is -2.18. The van der Waals surface area contributed by atoms with Crippen LogP contribution in [0.5, 0.6) is 5.75 Å². The molecular weight excluding hydrogens is 352 g/mol. The molecule has 0 atom stereocenters. The van der Waals surface area contributed by atoms with Gasteiger partial charge in [0.05, 0.1) is 34.1 Å². The van der Waals surface area contributed by atoms with Crippen LogP contribution in [-0.2, 0) is 10.0 Å². The Morgan fingerprint density at radius 3 is 2.21 bits per heavy atom. The van der Waals surface area contributed by atoms with E-state index in [1.165, 1.54) is 25.3 Å². The third kappa shape index (κ3) is 3.70. The van der Waals surface area contributed by atoms with Gasteiger partial charge in [0, 0.05) is 14.1 Å². The molecule has 7 nitrogen and oxygen atoms in total. The molecule has 9 heteroatoms. The van der Waals surface area contributed by atoms with Gasteiger partial charge in [-0.15, -0.1) is 0 Å². The van der Waals surface area contributed by atoms with Crippen LogP contribution in [0, 0.1) is 13.8 Å². The average Bonchev–Trinajstić information content (AvgIpc) is 2.50. The first-order valence-corrected chi connectivity index (χ1v) is 8.90. The molecule has 0 aliphatic heterocycles. The molecule has 130 valence electrons. The molecule has 0 saturated carbocycles. The van der Waals surface area contributed by atoms with Gasteiger partial charge in [0.15, 0.2) is 0 Å². The number of methoxy groups -OCH3 is 1. The van der Waals surface area contributed by atoms with E-state index in [4.69, 9.17) is 16.3 Å². The molecule has 0 bridgehead atoms. The molecule has 2 aromatic rings. The summed E-state index contributed by atoms with van der Waals surface area (Å²) >= 11 is 6.01. The second kappa shape index (κ2) is 6.82. The van der Waals surface area contributed by atoms with Crippen molar-refractivity contribution in [3.05, 3.63) is 34.6 Å². The number of ether oxygens (including phenoxy) is 1. The van der Waals surface area contributed by atoms with Crippen molar-refractivity contribution in [2.24, 2.45) is 0 Å². The summed E-state index contributed by atoms with van der Waals surface area (Å²) in [6.45, 7) is 3.45. The van der Waals surface area contributed by atoms with Crippen LogP contribution in [0.2, 0.25) is 5.02 Å². The Kier molecular flexibility index (Phi) is 5.19. The molecule has 1 heterocycles. The summed E-state index contributed by atoms with van der Waals surface area (Å²) in [6.07, 6.45) is 0. The van der Waals surface area contributed by atoms with Gasteiger partial charge in [-0.05, 0) is 32.0 Å². The number of hydrogen-bond acceptors (Lipinski definition) is 6. The Bertz CT molecular complexity index is 846. The van der Waals surface area contributed by atoms with Gasteiger partial charge in [0.1, 0.15) is 5.75 Å². The average molecular weight is 371 g/mol. The van der Waals surface area contributed by atoms with Gasteiger partial charge >= 0.3 is 0 Å². The van der Waals surface area contributed by atoms with Crippen LogP contribution in [0.15, 0.2) is 23.1 Å². The summed E-state index contributed by atoms with van der Waals surface area (Å²) in [5.74, 6) is 0.919. The van der Waals surface area contributed by atoms with Crippen LogP contribution in [0.1, 0.15) is 11.4 Å². The number of aromatic nitrogens is 2. The van der Waals surface area contributed by atoms with E-state index in [1.807, 2.05) is 14.1 Å². The minimum absolute atomic E-state index is 0.0313.